The highest BCUT2D eigenvalue weighted by atomic mass is 19.1. The molecule has 1 aliphatic carbocycles. The highest BCUT2D eigenvalue weighted by Crippen LogP contribution is 2.28. The zero-order valence-electron chi connectivity index (χ0n) is 8.71. The second-order valence-corrected chi connectivity index (χ2v) is 4.28. The Morgan fingerprint density at radius 2 is 1.80 bits per heavy atom. The van der Waals surface area contributed by atoms with Crippen LogP contribution in [0.3, 0.4) is 0 Å². The molecular formula is C13H15FO. The third-order valence-corrected chi connectivity index (χ3v) is 3.12. The number of benzene rings is 1. The maximum absolute atomic E-state index is 12.6. The van der Waals surface area contributed by atoms with Crippen LogP contribution in [0.5, 0.6) is 0 Å². The normalized spacial score (nSPS) is 16.9. The van der Waals surface area contributed by atoms with Crippen molar-refractivity contribution in [2.75, 3.05) is 0 Å². The predicted molar refractivity (Wildman–Crippen MR) is 57.3 cm³/mol. The molecule has 0 spiro atoms. The van der Waals surface area contributed by atoms with Crippen molar-refractivity contribution in [2.24, 2.45) is 5.92 Å². The van der Waals surface area contributed by atoms with E-state index in [2.05, 4.69) is 0 Å². The van der Waals surface area contributed by atoms with Crippen molar-refractivity contribution in [1.82, 2.24) is 0 Å². The summed E-state index contributed by atoms with van der Waals surface area (Å²) in [6.45, 7) is 0. The average Bonchev–Trinajstić information content (AvgIpc) is 2.71. The molecular weight excluding hydrogens is 191 g/mol. The van der Waals surface area contributed by atoms with Crippen LogP contribution < -0.4 is 0 Å². The lowest BCUT2D eigenvalue weighted by molar-refractivity contribution is 0.0962. The van der Waals surface area contributed by atoms with E-state index >= 15 is 0 Å². The minimum Gasteiger partial charge on any atom is -0.294 e. The fourth-order valence-corrected chi connectivity index (χ4v) is 2.23. The van der Waals surface area contributed by atoms with Crippen molar-refractivity contribution in [1.29, 1.82) is 0 Å². The quantitative estimate of drug-likeness (QED) is 0.691. The summed E-state index contributed by atoms with van der Waals surface area (Å²) in [6, 6.07) is 5.85. The summed E-state index contributed by atoms with van der Waals surface area (Å²) >= 11 is 0. The first-order valence-electron chi connectivity index (χ1n) is 5.54. The van der Waals surface area contributed by atoms with Crippen LogP contribution in [-0.2, 0) is 0 Å². The lowest BCUT2D eigenvalue weighted by Gasteiger charge is -2.07. The van der Waals surface area contributed by atoms with Gasteiger partial charge in [0.1, 0.15) is 5.82 Å². The summed E-state index contributed by atoms with van der Waals surface area (Å²) in [5.74, 6) is 0.428. The van der Waals surface area contributed by atoms with Crippen molar-refractivity contribution in [3.63, 3.8) is 0 Å². The lowest BCUT2D eigenvalue weighted by Crippen LogP contribution is -2.05. The Morgan fingerprint density at radius 3 is 2.40 bits per heavy atom. The molecule has 1 aromatic rings. The van der Waals surface area contributed by atoms with Gasteiger partial charge < -0.3 is 0 Å². The van der Waals surface area contributed by atoms with Gasteiger partial charge in [-0.15, -0.1) is 0 Å². The fourth-order valence-electron chi connectivity index (χ4n) is 2.23. The highest BCUT2D eigenvalue weighted by Gasteiger charge is 2.19. The van der Waals surface area contributed by atoms with Gasteiger partial charge in [-0.3, -0.25) is 4.79 Å². The van der Waals surface area contributed by atoms with Crippen LogP contribution in [0, 0.1) is 11.7 Å². The number of Topliss-reactive ketones (excluding diaryl/α,β-unsaturated/α-hetero) is 1. The Kier molecular flexibility index (Phi) is 3.14. The topological polar surface area (TPSA) is 17.1 Å². The molecule has 80 valence electrons. The van der Waals surface area contributed by atoms with E-state index in [1.54, 1.807) is 12.1 Å². The SMILES string of the molecule is O=C(CC1CCCC1)c1ccc(F)cc1. The Morgan fingerprint density at radius 1 is 1.20 bits per heavy atom. The van der Waals surface area contributed by atoms with Crippen LogP contribution in [0.1, 0.15) is 42.5 Å². The number of halogens is 1. The van der Waals surface area contributed by atoms with Gasteiger partial charge in [0.2, 0.25) is 0 Å². The molecule has 2 heteroatoms. The molecule has 0 aliphatic heterocycles. The molecule has 1 fully saturated rings. The number of carbonyl (C=O) groups is 1. The lowest BCUT2D eigenvalue weighted by atomic mass is 9.97. The molecule has 0 aromatic heterocycles. The van der Waals surface area contributed by atoms with Gasteiger partial charge in [-0.1, -0.05) is 25.7 Å². The number of hydrogen-bond donors (Lipinski definition) is 0. The maximum atomic E-state index is 12.6. The molecule has 1 nitrogen and oxygen atoms in total. The highest BCUT2D eigenvalue weighted by molar-refractivity contribution is 5.96. The average molecular weight is 206 g/mol. The molecule has 0 N–H and O–H groups in total. The van der Waals surface area contributed by atoms with E-state index in [4.69, 9.17) is 0 Å². The zero-order chi connectivity index (χ0) is 10.7. The molecule has 0 heterocycles. The molecule has 0 saturated heterocycles. The summed E-state index contributed by atoms with van der Waals surface area (Å²) in [6.07, 6.45) is 5.48. The smallest absolute Gasteiger partial charge is 0.163 e. The van der Waals surface area contributed by atoms with Gasteiger partial charge in [-0.2, -0.15) is 0 Å². The van der Waals surface area contributed by atoms with Crippen LogP contribution in [0.4, 0.5) is 4.39 Å². The predicted octanol–water partition coefficient (Wildman–Crippen LogP) is 3.59. The van der Waals surface area contributed by atoms with Gasteiger partial charge in [0.25, 0.3) is 0 Å². The Balaban J connectivity index is 1.98. The summed E-state index contributed by atoms with van der Waals surface area (Å²) < 4.78 is 12.6. The Hall–Kier alpha value is -1.18. The molecule has 15 heavy (non-hydrogen) atoms. The minimum atomic E-state index is -0.285. The van der Waals surface area contributed by atoms with E-state index < -0.39 is 0 Å². The third-order valence-electron chi connectivity index (χ3n) is 3.12. The van der Waals surface area contributed by atoms with E-state index in [0.717, 1.165) is 0 Å². The molecule has 1 aromatic carbocycles. The molecule has 0 atom stereocenters. The van der Waals surface area contributed by atoms with Gasteiger partial charge in [0.15, 0.2) is 5.78 Å². The van der Waals surface area contributed by atoms with E-state index in [1.807, 2.05) is 0 Å². The minimum absolute atomic E-state index is 0.155. The summed E-state index contributed by atoms with van der Waals surface area (Å²) in [7, 11) is 0. The summed E-state index contributed by atoms with van der Waals surface area (Å²) in [5, 5.41) is 0. The van der Waals surface area contributed by atoms with Crippen LogP contribution in [0.15, 0.2) is 24.3 Å². The van der Waals surface area contributed by atoms with Gasteiger partial charge in [-0.05, 0) is 30.2 Å². The van der Waals surface area contributed by atoms with Crippen LogP contribution in [-0.4, -0.2) is 5.78 Å². The third kappa shape index (κ3) is 2.65. The van der Waals surface area contributed by atoms with Crippen molar-refractivity contribution < 1.29 is 9.18 Å². The van der Waals surface area contributed by atoms with E-state index in [0.29, 0.717) is 17.9 Å². The molecule has 2 rings (SSSR count). The monoisotopic (exact) mass is 206 g/mol. The summed E-state index contributed by atoms with van der Waals surface area (Å²) in [5.41, 5.74) is 0.642. The summed E-state index contributed by atoms with van der Waals surface area (Å²) in [4.78, 5) is 11.8. The van der Waals surface area contributed by atoms with Gasteiger partial charge in [-0.25, -0.2) is 4.39 Å². The van der Waals surface area contributed by atoms with Crippen LogP contribution in [0.25, 0.3) is 0 Å². The molecule has 0 radical (unpaired) electrons. The van der Waals surface area contributed by atoms with Crippen molar-refractivity contribution in [3.8, 4) is 0 Å². The number of rotatable bonds is 3. The number of ketones is 1. The Bertz CT molecular complexity index is 336. The maximum Gasteiger partial charge on any atom is 0.163 e. The molecule has 0 amide bonds. The largest absolute Gasteiger partial charge is 0.294 e. The zero-order valence-corrected chi connectivity index (χ0v) is 8.71. The van der Waals surface area contributed by atoms with Gasteiger partial charge in [0.05, 0.1) is 0 Å². The van der Waals surface area contributed by atoms with Crippen LogP contribution in [0.2, 0.25) is 0 Å². The van der Waals surface area contributed by atoms with Gasteiger partial charge in [0, 0.05) is 12.0 Å². The van der Waals surface area contributed by atoms with E-state index in [9.17, 15) is 9.18 Å². The second kappa shape index (κ2) is 4.56. The molecule has 1 saturated carbocycles. The van der Waals surface area contributed by atoms with E-state index in [1.165, 1.54) is 37.8 Å². The first-order valence-corrected chi connectivity index (χ1v) is 5.54. The molecule has 0 bridgehead atoms. The van der Waals surface area contributed by atoms with E-state index in [-0.39, 0.29) is 11.6 Å². The number of hydrogen-bond acceptors (Lipinski definition) is 1. The molecule has 0 unspecified atom stereocenters. The van der Waals surface area contributed by atoms with Gasteiger partial charge >= 0.3 is 0 Å². The van der Waals surface area contributed by atoms with Crippen molar-refractivity contribution in [3.05, 3.63) is 35.6 Å². The first-order chi connectivity index (χ1) is 7.25. The standard InChI is InChI=1S/C13H15FO/c14-12-7-5-11(6-8-12)13(15)9-10-3-1-2-4-10/h5-8,10H,1-4,9H2. The van der Waals surface area contributed by atoms with Crippen molar-refractivity contribution in [2.45, 2.75) is 32.1 Å². The Labute approximate surface area is 89.3 Å². The molecule has 1 aliphatic rings. The second-order valence-electron chi connectivity index (χ2n) is 4.28. The first kappa shape index (κ1) is 10.3. The number of carbonyl (C=O) groups excluding carboxylic acids is 1. The van der Waals surface area contributed by atoms with Crippen LogP contribution >= 0.6 is 0 Å². The fraction of sp³-hybridized carbons (Fsp3) is 0.462. The van der Waals surface area contributed by atoms with Crippen molar-refractivity contribution >= 4 is 5.78 Å².